The van der Waals surface area contributed by atoms with E-state index >= 15 is 0 Å². The van der Waals surface area contributed by atoms with E-state index in [9.17, 15) is 14.9 Å². The molecule has 4 unspecified atom stereocenters. The van der Waals surface area contributed by atoms with Crippen molar-refractivity contribution in [3.63, 3.8) is 0 Å². The minimum Gasteiger partial charge on any atom is -0.381 e. The maximum Gasteiger partial charge on any atom is 0.148 e. The third-order valence-corrected chi connectivity index (χ3v) is 9.30. The van der Waals surface area contributed by atoms with Gasteiger partial charge in [-0.2, -0.15) is 10.5 Å². The van der Waals surface area contributed by atoms with Gasteiger partial charge >= 0.3 is 0 Å². The lowest BCUT2D eigenvalue weighted by atomic mass is 9.65. The van der Waals surface area contributed by atoms with Gasteiger partial charge in [-0.05, 0) is 30.1 Å². The summed E-state index contributed by atoms with van der Waals surface area (Å²) in [6, 6.07) is 4.75. The van der Waals surface area contributed by atoms with Gasteiger partial charge in [0.1, 0.15) is 29.2 Å². The van der Waals surface area contributed by atoms with Crippen molar-refractivity contribution in [2.75, 3.05) is 50.2 Å². The number of nitrogens with zero attached hydrogens (tertiary/aromatic N) is 4. The molecule has 1 aromatic heterocycles. The molecule has 0 saturated carbocycles. The highest BCUT2D eigenvalue weighted by Gasteiger charge is 2.40. The Bertz CT molecular complexity index is 1030. The predicted molar refractivity (Wildman–Crippen MR) is 128 cm³/mol. The van der Waals surface area contributed by atoms with Crippen LogP contribution in [0.2, 0.25) is 0 Å². The van der Waals surface area contributed by atoms with Gasteiger partial charge in [0.15, 0.2) is 0 Å². The number of hydrogen-bond acceptors (Lipinski definition) is 7. The highest BCUT2D eigenvalue weighted by atomic mass is 32.2. The average molecular weight is 483 g/mol. The largest absolute Gasteiger partial charge is 0.381 e. The van der Waals surface area contributed by atoms with Crippen molar-refractivity contribution >= 4 is 17.6 Å². The Morgan fingerprint density at radius 3 is 2.44 bits per heavy atom. The Kier molecular flexibility index (Phi) is 6.84. The van der Waals surface area contributed by atoms with E-state index in [-0.39, 0.29) is 24.9 Å². The lowest BCUT2D eigenvalue weighted by Gasteiger charge is -2.40. The molecule has 0 bridgehead atoms. The number of anilines is 1. The van der Waals surface area contributed by atoms with Crippen LogP contribution in [0.1, 0.15) is 42.9 Å². The predicted octanol–water partition coefficient (Wildman–Crippen LogP) is 4.30. The zero-order chi connectivity index (χ0) is 23.8. The zero-order valence-electron chi connectivity index (χ0n) is 19.7. The second kappa shape index (κ2) is 9.85. The van der Waals surface area contributed by atoms with Crippen LogP contribution in [0.3, 0.4) is 0 Å². The van der Waals surface area contributed by atoms with Gasteiger partial charge in [0.2, 0.25) is 0 Å². The first-order chi connectivity index (χ1) is 16.5. The van der Waals surface area contributed by atoms with E-state index in [1.54, 1.807) is 11.8 Å². The van der Waals surface area contributed by atoms with Crippen molar-refractivity contribution in [2.24, 2.45) is 29.6 Å². The second-order valence-corrected chi connectivity index (χ2v) is 11.2. The molecule has 3 aliphatic heterocycles. The molecule has 0 aromatic carbocycles. The van der Waals surface area contributed by atoms with E-state index in [0.717, 1.165) is 44.2 Å². The third kappa shape index (κ3) is 4.21. The number of rotatable bonds is 6. The van der Waals surface area contributed by atoms with Crippen molar-refractivity contribution in [3.8, 4) is 12.1 Å². The molecule has 0 amide bonds. The van der Waals surface area contributed by atoms with Gasteiger partial charge in [-0.1, -0.05) is 26.0 Å². The minimum atomic E-state index is -0.904. The molecule has 4 heterocycles. The molecule has 5 rings (SSSR count). The van der Waals surface area contributed by atoms with E-state index in [0.29, 0.717) is 45.6 Å². The quantitative estimate of drug-likeness (QED) is 0.442. The number of aromatic nitrogens is 1. The van der Waals surface area contributed by atoms with Gasteiger partial charge < -0.3 is 14.4 Å². The molecule has 0 N–H and O–H groups in total. The van der Waals surface area contributed by atoms with E-state index in [4.69, 9.17) is 14.5 Å². The van der Waals surface area contributed by atoms with E-state index in [2.05, 4.69) is 38.1 Å². The van der Waals surface area contributed by atoms with Crippen LogP contribution in [0.5, 0.6) is 0 Å². The van der Waals surface area contributed by atoms with Crippen molar-refractivity contribution in [1.82, 2.24) is 4.98 Å². The van der Waals surface area contributed by atoms with Crippen LogP contribution in [0.25, 0.3) is 0 Å². The fourth-order valence-corrected chi connectivity index (χ4v) is 6.74. The molecule has 4 aliphatic rings. The summed E-state index contributed by atoms with van der Waals surface area (Å²) in [4.78, 5) is 6.61. The normalized spacial score (nSPS) is 31.6. The second-order valence-electron chi connectivity index (χ2n) is 10.2. The first-order valence-corrected chi connectivity index (χ1v) is 13.2. The number of alkyl halides is 1. The third-order valence-electron chi connectivity index (χ3n) is 8.09. The van der Waals surface area contributed by atoms with Gasteiger partial charge in [0.25, 0.3) is 0 Å². The Morgan fingerprint density at radius 1 is 1.09 bits per heavy atom. The Labute approximate surface area is 205 Å². The molecule has 0 radical (unpaired) electrons. The molecule has 1 aliphatic carbocycles. The summed E-state index contributed by atoms with van der Waals surface area (Å²) in [5.74, 6) is 3.31. The van der Waals surface area contributed by atoms with E-state index in [1.165, 1.54) is 0 Å². The average Bonchev–Trinajstić information content (AvgIpc) is 3.31. The molecule has 3 saturated heterocycles. The smallest absolute Gasteiger partial charge is 0.148 e. The van der Waals surface area contributed by atoms with Crippen molar-refractivity contribution in [2.45, 2.75) is 37.4 Å². The molecule has 34 heavy (non-hydrogen) atoms. The van der Waals surface area contributed by atoms with Crippen LogP contribution in [0.4, 0.5) is 10.2 Å². The maximum atomic E-state index is 13.8. The van der Waals surface area contributed by atoms with Crippen LogP contribution in [0, 0.1) is 52.3 Å². The maximum absolute atomic E-state index is 13.8. The number of hydrogen-bond donors (Lipinski definition) is 0. The first-order valence-electron chi connectivity index (χ1n) is 12.3. The standard InChI is InChI=1S/C26H31FN4O2S/c1-15-16(2)21(4-3-20(15)18-5-6-32-13-18)24-22(7-28)25(31-9-19(27)10-31)30-26(23(24)8-29)34-14-17-11-33-12-17/h3-4,15-21H,5-6,9-14H2,1-2H3/t15?,16?,18-,20?,21?/m0/s1. The van der Waals surface area contributed by atoms with E-state index in [1.807, 2.05) is 4.90 Å². The van der Waals surface area contributed by atoms with Crippen LogP contribution < -0.4 is 4.90 Å². The van der Waals surface area contributed by atoms with Gasteiger partial charge in [0, 0.05) is 29.8 Å². The molecule has 5 atom stereocenters. The van der Waals surface area contributed by atoms with Crippen LogP contribution >= 0.6 is 11.8 Å². The summed E-state index contributed by atoms with van der Waals surface area (Å²) >= 11 is 1.56. The van der Waals surface area contributed by atoms with Crippen LogP contribution in [0.15, 0.2) is 17.2 Å². The number of pyridine rings is 1. The molecule has 8 heteroatoms. The summed E-state index contributed by atoms with van der Waals surface area (Å²) in [7, 11) is 0. The summed E-state index contributed by atoms with van der Waals surface area (Å²) in [5.41, 5.74) is 1.69. The highest BCUT2D eigenvalue weighted by Crippen LogP contribution is 2.47. The summed E-state index contributed by atoms with van der Waals surface area (Å²) in [6.07, 6.45) is 4.67. The molecule has 3 fully saturated rings. The lowest BCUT2D eigenvalue weighted by molar-refractivity contribution is -0.0196. The number of halogens is 1. The summed E-state index contributed by atoms with van der Waals surface area (Å²) < 4.78 is 24.7. The molecule has 180 valence electrons. The molecule has 1 aromatic rings. The SMILES string of the molecule is CC1C(c2c(C#N)c(SCC3COC3)nc(N3CC(F)C3)c2C#N)C=CC([C@H]2CCOC2)C1C. The first kappa shape index (κ1) is 23.6. The van der Waals surface area contributed by atoms with Gasteiger partial charge in [-0.15, -0.1) is 11.8 Å². The Morgan fingerprint density at radius 2 is 1.85 bits per heavy atom. The Hall–Kier alpha value is -2.13. The van der Waals surface area contributed by atoms with Crippen LogP contribution in [-0.4, -0.2) is 56.4 Å². The zero-order valence-corrected chi connectivity index (χ0v) is 20.6. The molecule has 0 spiro atoms. The fraction of sp³-hybridized carbons (Fsp3) is 0.654. The number of ether oxygens (including phenoxy) is 2. The highest BCUT2D eigenvalue weighted by molar-refractivity contribution is 7.99. The summed E-state index contributed by atoms with van der Waals surface area (Å²) in [6.45, 7) is 8.06. The van der Waals surface area contributed by atoms with Crippen molar-refractivity contribution in [1.29, 1.82) is 10.5 Å². The fourth-order valence-electron chi connectivity index (χ4n) is 5.71. The minimum absolute atomic E-state index is 0.0616. The van der Waals surface area contributed by atoms with Crippen molar-refractivity contribution in [3.05, 3.63) is 28.8 Å². The van der Waals surface area contributed by atoms with Gasteiger partial charge in [-0.25, -0.2) is 9.37 Å². The topological polar surface area (TPSA) is 82.2 Å². The van der Waals surface area contributed by atoms with Gasteiger partial charge in [-0.3, -0.25) is 0 Å². The molecule has 6 nitrogen and oxygen atoms in total. The molecular weight excluding hydrogens is 451 g/mol. The van der Waals surface area contributed by atoms with Gasteiger partial charge in [0.05, 0.1) is 44.0 Å². The number of allylic oxidation sites excluding steroid dienone is 2. The van der Waals surface area contributed by atoms with Crippen molar-refractivity contribution < 1.29 is 13.9 Å². The van der Waals surface area contributed by atoms with Crippen LogP contribution in [-0.2, 0) is 9.47 Å². The number of nitriles is 2. The van der Waals surface area contributed by atoms with E-state index < -0.39 is 6.17 Å². The summed E-state index contributed by atoms with van der Waals surface area (Å²) in [5, 5.41) is 21.1. The molecular formula is C26H31FN4O2S. The number of thioether (sulfide) groups is 1. The lowest BCUT2D eigenvalue weighted by Crippen LogP contribution is -2.49. The Balaban J connectivity index is 1.56. The monoisotopic (exact) mass is 482 g/mol.